The smallest absolute Gasteiger partial charge is 0.237 e. The first-order valence-electron chi connectivity index (χ1n) is 8.23. The molecule has 1 amide bonds. The summed E-state index contributed by atoms with van der Waals surface area (Å²) in [5.41, 5.74) is 1.19. The lowest BCUT2D eigenvalue weighted by Crippen LogP contribution is -2.50. The number of likely N-dealkylation sites (tertiary alicyclic amines) is 1. The molecule has 1 aromatic heterocycles. The third kappa shape index (κ3) is 3.82. The van der Waals surface area contributed by atoms with Crippen LogP contribution in [-0.2, 0) is 11.3 Å². The molecule has 4 nitrogen and oxygen atoms in total. The van der Waals surface area contributed by atoms with Gasteiger partial charge in [-0.25, -0.2) is 0 Å². The lowest BCUT2D eigenvalue weighted by atomic mass is 9.85. The molecule has 2 heterocycles. The molecule has 0 aromatic carbocycles. The zero-order chi connectivity index (χ0) is 14.5. The van der Waals surface area contributed by atoms with Crippen molar-refractivity contribution in [3.05, 3.63) is 30.1 Å². The lowest BCUT2D eigenvalue weighted by Gasteiger charge is -2.35. The Morgan fingerprint density at radius 2 is 2.19 bits per heavy atom. The number of hydrogen-bond acceptors (Lipinski definition) is 3. The first kappa shape index (κ1) is 14.5. The van der Waals surface area contributed by atoms with E-state index in [0.717, 1.165) is 38.4 Å². The Morgan fingerprint density at radius 1 is 1.29 bits per heavy atom. The summed E-state index contributed by atoms with van der Waals surface area (Å²) in [6.45, 7) is 2.71. The Kier molecular flexibility index (Phi) is 4.86. The van der Waals surface area contributed by atoms with Crippen LogP contribution < -0.4 is 5.32 Å². The molecule has 1 atom stereocenters. The van der Waals surface area contributed by atoms with E-state index in [1.165, 1.54) is 31.2 Å². The van der Waals surface area contributed by atoms with Crippen molar-refractivity contribution in [1.29, 1.82) is 0 Å². The zero-order valence-electron chi connectivity index (χ0n) is 12.6. The van der Waals surface area contributed by atoms with Crippen LogP contribution in [-0.4, -0.2) is 34.9 Å². The molecule has 1 aliphatic heterocycles. The molecule has 1 N–H and O–H groups in total. The summed E-state index contributed by atoms with van der Waals surface area (Å²) < 4.78 is 0. The predicted molar refractivity (Wildman–Crippen MR) is 82.6 cm³/mol. The Bertz CT molecular complexity index is 458. The first-order chi connectivity index (χ1) is 10.3. The maximum absolute atomic E-state index is 12.5. The number of nitrogens with zero attached hydrogens (tertiary/aromatic N) is 2. The fraction of sp³-hybridized carbons (Fsp3) is 0.647. The maximum Gasteiger partial charge on any atom is 0.237 e. The van der Waals surface area contributed by atoms with Gasteiger partial charge in [-0.15, -0.1) is 0 Å². The summed E-state index contributed by atoms with van der Waals surface area (Å²) in [6.07, 6.45) is 10.9. The summed E-state index contributed by atoms with van der Waals surface area (Å²) in [5, 5.41) is 3.17. The summed E-state index contributed by atoms with van der Waals surface area (Å²) in [4.78, 5) is 19.0. The van der Waals surface area contributed by atoms with Gasteiger partial charge in [0.2, 0.25) is 5.91 Å². The van der Waals surface area contributed by atoms with Gasteiger partial charge in [-0.3, -0.25) is 14.7 Å². The van der Waals surface area contributed by atoms with Gasteiger partial charge in [-0.05, 0) is 49.8 Å². The number of carbonyl (C=O) groups excluding carboxylic acids is 1. The number of aromatic nitrogens is 1. The normalized spacial score (nSPS) is 23.5. The number of pyridine rings is 1. The first-order valence-corrected chi connectivity index (χ1v) is 8.23. The molecule has 1 aliphatic carbocycles. The van der Waals surface area contributed by atoms with Crippen LogP contribution in [0.25, 0.3) is 0 Å². The van der Waals surface area contributed by atoms with E-state index in [9.17, 15) is 4.79 Å². The molecule has 1 aromatic rings. The lowest BCUT2D eigenvalue weighted by molar-refractivity contribution is -0.128. The van der Waals surface area contributed by atoms with Crippen molar-refractivity contribution in [2.75, 3.05) is 13.1 Å². The van der Waals surface area contributed by atoms with E-state index in [0.29, 0.717) is 0 Å². The highest BCUT2D eigenvalue weighted by molar-refractivity contribution is 5.81. The topological polar surface area (TPSA) is 45.2 Å². The minimum absolute atomic E-state index is 0.0408. The van der Waals surface area contributed by atoms with Crippen LogP contribution >= 0.6 is 0 Å². The molecule has 0 bridgehead atoms. The minimum Gasteiger partial charge on any atom is -0.354 e. The molecule has 0 radical (unpaired) electrons. The fourth-order valence-electron chi connectivity index (χ4n) is 3.26. The Morgan fingerprint density at radius 3 is 2.90 bits per heavy atom. The van der Waals surface area contributed by atoms with E-state index in [-0.39, 0.29) is 11.9 Å². The Hall–Kier alpha value is -1.42. The van der Waals surface area contributed by atoms with Crippen LogP contribution in [0.5, 0.6) is 0 Å². The van der Waals surface area contributed by atoms with Gasteiger partial charge in [-0.2, -0.15) is 0 Å². The van der Waals surface area contributed by atoms with Crippen molar-refractivity contribution >= 4 is 5.91 Å². The standard InChI is InChI=1S/C17H25N3O/c21-17(19-12-14-5-3-6-14)16-8-1-2-10-20(16)13-15-7-4-9-18-11-15/h4,7,9,11,14,16H,1-3,5-6,8,10,12-13H2,(H,19,21). The molecular formula is C17H25N3O. The molecule has 2 aliphatic rings. The molecule has 114 valence electrons. The second kappa shape index (κ2) is 7.03. The number of hydrogen-bond donors (Lipinski definition) is 1. The van der Waals surface area contributed by atoms with Gasteiger partial charge in [0.25, 0.3) is 0 Å². The monoisotopic (exact) mass is 287 g/mol. The number of carbonyl (C=O) groups is 1. The largest absolute Gasteiger partial charge is 0.354 e. The van der Waals surface area contributed by atoms with Crippen molar-refractivity contribution in [1.82, 2.24) is 15.2 Å². The number of rotatable bonds is 5. The minimum atomic E-state index is 0.0408. The number of nitrogens with one attached hydrogen (secondary N) is 1. The van der Waals surface area contributed by atoms with E-state index >= 15 is 0 Å². The average Bonchev–Trinajstić information content (AvgIpc) is 2.47. The Balaban J connectivity index is 1.56. The third-order valence-corrected chi connectivity index (χ3v) is 4.81. The van der Waals surface area contributed by atoms with Gasteiger partial charge in [0.15, 0.2) is 0 Å². The van der Waals surface area contributed by atoms with Crippen molar-refractivity contribution in [2.24, 2.45) is 5.92 Å². The molecular weight excluding hydrogens is 262 g/mol. The predicted octanol–water partition coefficient (Wildman–Crippen LogP) is 2.35. The molecule has 1 saturated carbocycles. The van der Waals surface area contributed by atoms with Crippen molar-refractivity contribution in [3.8, 4) is 0 Å². The van der Waals surface area contributed by atoms with Crippen LogP contribution in [0.2, 0.25) is 0 Å². The van der Waals surface area contributed by atoms with Crippen molar-refractivity contribution < 1.29 is 4.79 Å². The van der Waals surface area contributed by atoms with E-state index in [1.807, 2.05) is 12.3 Å². The maximum atomic E-state index is 12.5. The average molecular weight is 287 g/mol. The molecule has 4 heteroatoms. The SMILES string of the molecule is O=C(NCC1CCC1)C1CCCCN1Cc1cccnc1. The van der Waals surface area contributed by atoms with Gasteiger partial charge < -0.3 is 5.32 Å². The number of piperidine rings is 1. The van der Waals surface area contributed by atoms with E-state index in [1.54, 1.807) is 6.20 Å². The molecule has 1 unspecified atom stereocenters. The fourth-order valence-corrected chi connectivity index (χ4v) is 3.26. The summed E-state index contributed by atoms with van der Waals surface area (Å²) in [6, 6.07) is 4.09. The van der Waals surface area contributed by atoms with Crippen molar-refractivity contribution in [2.45, 2.75) is 51.1 Å². The van der Waals surface area contributed by atoms with Gasteiger partial charge in [0.1, 0.15) is 0 Å². The van der Waals surface area contributed by atoms with E-state index in [4.69, 9.17) is 0 Å². The molecule has 21 heavy (non-hydrogen) atoms. The van der Waals surface area contributed by atoms with Gasteiger partial charge in [-0.1, -0.05) is 18.9 Å². The van der Waals surface area contributed by atoms with Crippen molar-refractivity contribution in [3.63, 3.8) is 0 Å². The van der Waals surface area contributed by atoms with Gasteiger partial charge in [0.05, 0.1) is 6.04 Å². The second-order valence-electron chi connectivity index (χ2n) is 6.39. The van der Waals surface area contributed by atoms with Crippen LogP contribution in [0, 0.1) is 5.92 Å². The van der Waals surface area contributed by atoms with Gasteiger partial charge in [0, 0.05) is 25.5 Å². The molecule has 0 spiro atoms. The van der Waals surface area contributed by atoms with Crippen LogP contribution in [0.4, 0.5) is 0 Å². The van der Waals surface area contributed by atoms with E-state index in [2.05, 4.69) is 21.3 Å². The summed E-state index contributed by atoms with van der Waals surface area (Å²) in [5.74, 6) is 0.954. The molecule has 1 saturated heterocycles. The zero-order valence-corrected chi connectivity index (χ0v) is 12.6. The Labute approximate surface area is 126 Å². The summed E-state index contributed by atoms with van der Waals surface area (Å²) in [7, 11) is 0. The highest BCUT2D eigenvalue weighted by Gasteiger charge is 2.29. The van der Waals surface area contributed by atoms with Crippen LogP contribution in [0.3, 0.4) is 0 Å². The van der Waals surface area contributed by atoms with Crippen LogP contribution in [0.1, 0.15) is 44.1 Å². The molecule has 2 fully saturated rings. The number of amides is 1. The summed E-state index contributed by atoms with van der Waals surface area (Å²) >= 11 is 0. The van der Waals surface area contributed by atoms with Crippen LogP contribution in [0.15, 0.2) is 24.5 Å². The third-order valence-electron chi connectivity index (χ3n) is 4.81. The highest BCUT2D eigenvalue weighted by Crippen LogP contribution is 2.25. The second-order valence-corrected chi connectivity index (χ2v) is 6.39. The molecule has 3 rings (SSSR count). The van der Waals surface area contributed by atoms with E-state index < -0.39 is 0 Å². The quantitative estimate of drug-likeness (QED) is 0.904. The highest BCUT2D eigenvalue weighted by atomic mass is 16.2. The van der Waals surface area contributed by atoms with Gasteiger partial charge >= 0.3 is 0 Å².